The molecule has 3 aromatic rings. The van der Waals surface area contributed by atoms with E-state index in [-0.39, 0.29) is 5.56 Å². The summed E-state index contributed by atoms with van der Waals surface area (Å²) in [6.45, 7) is 3.29. The Balaban J connectivity index is 1.61. The van der Waals surface area contributed by atoms with Gasteiger partial charge in [0.15, 0.2) is 6.61 Å². The largest absolute Gasteiger partial charge is 0.452 e. The van der Waals surface area contributed by atoms with Crippen LogP contribution in [0, 0.1) is 25.5 Å². The van der Waals surface area contributed by atoms with Crippen LogP contribution < -0.4 is 5.32 Å². The lowest BCUT2D eigenvalue weighted by Gasteiger charge is -2.11. The number of nitrogens with one attached hydrogen (secondary N) is 1. The zero-order valence-electron chi connectivity index (χ0n) is 15.3. The summed E-state index contributed by atoms with van der Waals surface area (Å²) in [7, 11) is 0. The van der Waals surface area contributed by atoms with Crippen LogP contribution in [0.1, 0.15) is 21.7 Å². The van der Waals surface area contributed by atoms with Crippen molar-refractivity contribution in [2.45, 2.75) is 13.8 Å². The van der Waals surface area contributed by atoms with Crippen LogP contribution in [0.15, 0.2) is 54.6 Å². The number of ether oxygens (including phenoxy) is 1. The number of halogens is 2. The minimum atomic E-state index is -0.911. The number of esters is 1. The van der Waals surface area contributed by atoms with E-state index < -0.39 is 35.8 Å². The van der Waals surface area contributed by atoms with E-state index in [1.165, 1.54) is 6.07 Å². The van der Waals surface area contributed by atoms with Gasteiger partial charge in [0.2, 0.25) is 0 Å². The molecule has 0 bridgehead atoms. The lowest BCUT2D eigenvalue weighted by atomic mass is 10.2. The molecule has 0 aliphatic rings. The summed E-state index contributed by atoms with van der Waals surface area (Å²) >= 11 is 0. The topological polar surface area (TPSA) is 60.3 Å². The molecule has 144 valence electrons. The molecule has 7 heteroatoms. The highest BCUT2D eigenvalue weighted by molar-refractivity contribution is 5.95. The summed E-state index contributed by atoms with van der Waals surface area (Å²) in [6.07, 6.45) is 0. The first-order chi connectivity index (χ1) is 13.4. The van der Waals surface area contributed by atoms with Crippen LogP contribution in [0.5, 0.6) is 0 Å². The van der Waals surface area contributed by atoms with Crippen molar-refractivity contribution in [1.29, 1.82) is 0 Å². The Morgan fingerprint density at radius 3 is 2.07 bits per heavy atom. The van der Waals surface area contributed by atoms with Crippen LogP contribution in [-0.4, -0.2) is 23.1 Å². The van der Waals surface area contributed by atoms with Crippen molar-refractivity contribution < 1.29 is 23.1 Å². The maximum atomic E-state index is 13.5. The molecule has 28 heavy (non-hydrogen) atoms. The zero-order chi connectivity index (χ0) is 20.3. The summed E-state index contributed by atoms with van der Waals surface area (Å²) in [5, 5.41) is 2.06. The molecule has 1 amide bonds. The number of nitrogens with zero attached hydrogens (tertiary/aromatic N) is 1. The minimum Gasteiger partial charge on any atom is -0.452 e. The van der Waals surface area contributed by atoms with E-state index in [4.69, 9.17) is 4.74 Å². The summed E-state index contributed by atoms with van der Waals surface area (Å²) in [6, 6.07) is 13.9. The van der Waals surface area contributed by atoms with Crippen molar-refractivity contribution in [1.82, 2.24) is 4.57 Å². The molecule has 0 aliphatic heterocycles. The summed E-state index contributed by atoms with van der Waals surface area (Å²) < 4.78 is 34.0. The van der Waals surface area contributed by atoms with E-state index in [0.717, 1.165) is 29.2 Å². The van der Waals surface area contributed by atoms with Gasteiger partial charge < -0.3 is 14.6 Å². The number of rotatable bonds is 5. The van der Waals surface area contributed by atoms with Gasteiger partial charge in [-0.1, -0.05) is 6.07 Å². The second-order valence-corrected chi connectivity index (χ2v) is 6.22. The number of para-hydroxylation sites is 1. The van der Waals surface area contributed by atoms with Gasteiger partial charge in [-0.25, -0.2) is 13.6 Å². The molecule has 3 rings (SSSR count). The van der Waals surface area contributed by atoms with Crippen molar-refractivity contribution in [3.63, 3.8) is 0 Å². The van der Waals surface area contributed by atoms with Crippen molar-refractivity contribution in [3.8, 4) is 5.69 Å². The Kier molecular flexibility index (Phi) is 5.54. The van der Waals surface area contributed by atoms with Crippen molar-refractivity contribution >= 4 is 17.6 Å². The average molecular weight is 384 g/mol. The van der Waals surface area contributed by atoms with Crippen LogP contribution in [-0.2, 0) is 9.53 Å². The lowest BCUT2D eigenvalue weighted by molar-refractivity contribution is -0.119. The smallest absolute Gasteiger partial charge is 0.338 e. The Hall–Kier alpha value is -3.48. The van der Waals surface area contributed by atoms with Crippen LogP contribution in [0.3, 0.4) is 0 Å². The van der Waals surface area contributed by atoms with E-state index in [0.29, 0.717) is 0 Å². The van der Waals surface area contributed by atoms with Crippen LogP contribution in [0.25, 0.3) is 5.69 Å². The molecular formula is C21H18F2N2O3. The third-order valence-electron chi connectivity index (χ3n) is 4.19. The predicted molar refractivity (Wildman–Crippen MR) is 101 cm³/mol. The average Bonchev–Trinajstić information content (AvgIpc) is 3.01. The first-order valence-corrected chi connectivity index (χ1v) is 8.53. The maximum Gasteiger partial charge on any atom is 0.338 e. The number of amides is 1. The van der Waals surface area contributed by atoms with Gasteiger partial charge in [-0.15, -0.1) is 0 Å². The fourth-order valence-corrected chi connectivity index (χ4v) is 2.83. The summed E-state index contributed by atoms with van der Waals surface area (Å²) in [4.78, 5) is 23.9. The number of aryl methyl sites for hydroxylation is 2. The quantitative estimate of drug-likeness (QED) is 0.672. The number of aromatic nitrogens is 1. The highest BCUT2D eigenvalue weighted by atomic mass is 19.1. The van der Waals surface area contributed by atoms with Crippen LogP contribution in [0.2, 0.25) is 0 Å². The van der Waals surface area contributed by atoms with Crippen molar-refractivity contribution in [2.24, 2.45) is 0 Å². The van der Waals surface area contributed by atoms with Crippen LogP contribution >= 0.6 is 0 Å². The van der Waals surface area contributed by atoms with Gasteiger partial charge in [0.25, 0.3) is 5.91 Å². The van der Waals surface area contributed by atoms with Gasteiger partial charge in [-0.2, -0.15) is 0 Å². The maximum absolute atomic E-state index is 13.5. The molecule has 1 N–H and O–H groups in total. The predicted octanol–water partition coefficient (Wildman–Crippen LogP) is 4.17. The first kappa shape index (κ1) is 19.3. The van der Waals surface area contributed by atoms with Gasteiger partial charge in [0.05, 0.1) is 5.56 Å². The van der Waals surface area contributed by atoms with Crippen molar-refractivity contribution in [2.75, 3.05) is 11.9 Å². The van der Waals surface area contributed by atoms with E-state index in [2.05, 4.69) is 5.32 Å². The van der Waals surface area contributed by atoms with E-state index >= 15 is 0 Å². The van der Waals surface area contributed by atoms with Crippen molar-refractivity contribution in [3.05, 3.63) is 83.2 Å². The minimum absolute atomic E-state index is 0.260. The highest BCUT2D eigenvalue weighted by Crippen LogP contribution is 2.19. The third-order valence-corrected chi connectivity index (χ3v) is 4.19. The molecule has 0 atom stereocenters. The summed E-state index contributed by atoms with van der Waals surface area (Å²) in [5.41, 5.74) is 2.69. The standard InChI is InChI=1S/C21H18F2N2O3/c1-13-6-7-14(2)25(13)16-10-8-15(9-11-16)21(27)28-12-19(26)24-20-17(22)4-3-5-18(20)23/h3-11H,12H2,1-2H3,(H,24,26). The number of hydrogen-bond donors (Lipinski definition) is 1. The Labute approximate surface area is 160 Å². The second-order valence-electron chi connectivity index (χ2n) is 6.22. The molecule has 5 nitrogen and oxygen atoms in total. The SMILES string of the molecule is Cc1ccc(C)n1-c1ccc(C(=O)OCC(=O)Nc2c(F)cccc2F)cc1. The van der Waals surface area contributed by atoms with Gasteiger partial charge in [0, 0.05) is 17.1 Å². The molecule has 0 saturated carbocycles. The van der Waals surface area contributed by atoms with Gasteiger partial charge in [-0.3, -0.25) is 4.79 Å². The number of benzene rings is 2. The normalized spacial score (nSPS) is 10.6. The fraction of sp³-hybridized carbons (Fsp3) is 0.143. The second kappa shape index (κ2) is 8.04. The molecule has 1 aromatic heterocycles. The molecular weight excluding hydrogens is 366 g/mol. The Morgan fingerprint density at radius 1 is 0.929 bits per heavy atom. The number of carbonyl (C=O) groups is 2. The zero-order valence-corrected chi connectivity index (χ0v) is 15.3. The number of anilines is 1. The highest BCUT2D eigenvalue weighted by Gasteiger charge is 2.15. The number of carbonyl (C=O) groups excluding carboxylic acids is 2. The summed E-state index contributed by atoms with van der Waals surface area (Å²) in [5.74, 6) is -3.37. The Bertz CT molecular complexity index is 987. The monoisotopic (exact) mass is 384 g/mol. The van der Waals surface area contributed by atoms with Crippen LogP contribution in [0.4, 0.5) is 14.5 Å². The fourth-order valence-electron chi connectivity index (χ4n) is 2.83. The molecule has 0 aliphatic carbocycles. The first-order valence-electron chi connectivity index (χ1n) is 8.53. The van der Waals surface area contributed by atoms with E-state index in [1.54, 1.807) is 24.3 Å². The van der Waals surface area contributed by atoms with Gasteiger partial charge in [-0.05, 0) is 62.4 Å². The molecule has 0 fully saturated rings. The molecule has 0 saturated heterocycles. The molecule has 0 unspecified atom stereocenters. The van der Waals surface area contributed by atoms with E-state index in [9.17, 15) is 18.4 Å². The van der Waals surface area contributed by atoms with Gasteiger partial charge >= 0.3 is 5.97 Å². The third kappa shape index (κ3) is 4.09. The molecule has 0 spiro atoms. The van der Waals surface area contributed by atoms with Gasteiger partial charge in [0.1, 0.15) is 17.3 Å². The number of hydrogen-bond acceptors (Lipinski definition) is 3. The molecule has 1 heterocycles. The molecule has 2 aromatic carbocycles. The van der Waals surface area contributed by atoms with E-state index in [1.807, 2.05) is 30.5 Å². The lowest BCUT2D eigenvalue weighted by Crippen LogP contribution is -2.22. The Morgan fingerprint density at radius 2 is 1.50 bits per heavy atom. The molecule has 0 radical (unpaired) electrons.